The van der Waals surface area contributed by atoms with Crippen LogP contribution in [-0.2, 0) is 9.53 Å². The molecule has 5 nitrogen and oxygen atoms in total. The van der Waals surface area contributed by atoms with E-state index in [0.29, 0.717) is 24.1 Å². The quantitative estimate of drug-likeness (QED) is 0.803. The topological polar surface area (TPSA) is 64.6 Å². The molecule has 6 heteroatoms. The van der Waals surface area contributed by atoms with Crippen LogP contribution < -0.4 is 10.1 Å². The summed E-state index contributed by atoms with van der Waals surface area (Å²) < 4.78 is 11.6. The molecule has 0 aromatic heterocycles. The van der Waals surface area contributed by atoms with Crippen molar-refractivity contribution in [3.8, 4) is 5.75 Å². The van der Waals surface area contributed by atoms with Crippen molar-refractivity contribution in [2.45, 2.75) is 18.9 Å². The summed E-state index contributed by atoms with van der Waals surface area (Å²) in [4.78, 5) is 22.6. The third-order valence-electron chi connectivity index (χ3n) is 3.01. The number of hydrogen-bond donors (Lipinski definition) is 1. The van der Waals surface area contributed by atoms with Gasteiger partial charge < -0.3 is 14.8 Å². The molecule has 0 spiro atoms. The lowest BCUT2D eigenvalue weighted by Gasteiger charge is -2.12. The summed E-state index contributed by atoms with van der Waals surface area (Å²) in [6, 6.07) is 5.06. The lowest BCUT2D eigenvalue weighted by atomic mass is 10.2. The summed E-state index contributed by atoms with van der Waals surface area (Å²) >= 11 is 3.27. The molecule has 0 bridgehead atoms. The van der Waals surface area contributed by atoms with Gasteiger partial charge in [-0.25, -0.2) is 0 Å². The van der Waals surface area contributed by atoms with E-state index in [1.54, 1.807) is 18.2 Å². The summed E-state index contributed by atoms with van der Waals surface area (Å²) in [6.07, 6.45) is 2.82. The zero-order valence-corrected chi connectivity index (χ0v) is 12.5. The molecule has 0 saturated carbocycles. The van der Waals surface area contributed by atoms with Gasteiger partial charge in [-0.15, -0.1) is 0 Å². The average molecular weight is 342 g/mol. The number of ether oxygens (including phenoxy) is 2. The third-order valence-corrected chi connectivity index (χ3v) is 3.50. The van der Waals surface area contributed by atoms with Gasteiger partial charge >= 0.3 is 0 Å². The van der Waals surface area contributed by atoms with Crippen LogP contribution in [0.1, 0.15) is 23.2 Å². The van der Waals surface area contributed by atoms with Crippen LogP contribution >= 0.6 is 15.9 Å². The zero-order valence-electron chi connectivity index (χ0n) is 10.9. The summed E-state index contributed by atoms with van der Waals surface area (Å²) in [5, 5.41) is 2.76. The van der Waals surface area contributed by atoms with E-state index in [-0.39, 0.29) is 18.6 Å². The van der Waals surface area contributed by atoms with Crippen molar-refractivity contribution >= 4 is 28.1 Å². The molecular weight excluding hydrogens is 326 g/mol. The standard InChI is InChI=1S/C14H16BrNO4/c15-11-3-4-13(10(6-11)8-17)20-9-14(18)16-7-12-2-1-5-19-12/h3-4,6,8,12H,1-2,5,7,9H2,(H,16,18)/t12-/m0/s1. The molecule has 0 radical (unpaired) electrons. The van der Waals surface area contributed by atoms with Crippen molar-refractivity contribution in [1.82, 2.24) is 5.32 Å². The lowest BCUT2D eigenvalue weighted by molar-refractivity contribution is -0.123. The van der Waals surface area contributed by atoms with Gasteiger partial charge in [0.15, 0.2) is 12.9 Å². The van der Waals surface area contributed by atoms with Crippen molar-refractivity contribution in [3.05, 3.63) is 28.2 Å². The van der Waals surface area contributed by atoms with Gasteiger partial charge in [0.1, 0.15) is 5.75 Å². The number of amides is 1. The van der Waals surface area contributed by atoms with Crippen LogP contribution in [0, 0.1) is 0 Å². The molecule has 1 fully saturated rings. The maximum absolute atomic E-state index is 11.7. The summed E-state index contributed by atoms with van der Waals surface area (Å²) in [7, 11) is 0. The Morgan fingerprint density at radius 2 is 2.40 bits per heavy atom. The van der Waals surface area contributed by atoms with Gasteiger partial charge in [0.2, 0.25) is 0 Å². The van der Waals surface area contributed by atoms with Crippen LogP contribution in [0.15, 0.2) is 22.7 Å². The number of hydrogen-bond acceptors (Lipinski definition) is 4. The molecule has 1 N–H and O–H groups in total. The fourth-order valence-corrected chi connectivity index (χ4v) is 2.35. The maximum atomic E-state index is 11.7. The Hall–Kier alpha value is -1.40. The van der Waals surface area contributed by atoms with Crippen LogP contribution in [-0.4, -0.2) is 38.1 Å². The van der Waals surface area contributed by atoms with Crippen LogP contribution in [0.3, 0.4) is 0 Å². The predicted molar refractivity (Wildman–Crippen MR) is 77.0 cm³/mol. The summed E-state index contributed by atoms with van der Waals surface area (Å²) in [5.74, 6) is 0.177. The smallest absolute Gasteiger partial charge is 0.258 e. The normalized spacial score (nSPS) is 17.8. The number of carbonyl (C=O) groups is 2. The molecule has 0 unspecified atom stereocenters. The summed E-state index contributed by atoms with van der Waals surface area (Å²) in [6.45, 7) is 1.15. The third kappa shape index (κ3) is 4.31. The van der Waals surface area contributed by atoms with Crippen molar-refractivity contribution in [1.29, 1.82) is 0 Å². The summed E-state index contributed by atoms with van der Waals surface area (Å²) in [5.41, 5.74) is 0.409. The van der Waals surface area contributed by atoms with E-state index in [4.69, 9.17) is 9.47 Å². The van der Waals surface area contributed by atoms with E-state index in [1.807, 2.05) is 0 Å². The second kappa shape index (κ2) is 7.40. The zero-order chi connectivity index (χ0) is 14.4. The Kier molecular flexibility index (Phi) is 5.55. The highest BCUT2D eigenvalue weighted by molar-refractivity contribution is 9.10. The van der Waals surface area contributed by atoms with Crippen LogP contribution in [0.4, 0.5) is 0 Å². The molecule has 2 rings (SSSR count). The van der Waals surface area contributed by atoms with E-state index in [1.165, 1.54) is 0 Å². The number of carbonyl (C=O) groups excluding carboxylic acids is 2. The average Bonchev–Trinajstić information content (AvgIpc) is 2.97. The Balaban J connectivity index is 1.79. The second-order valence-corrected chi connectivity index (χ2v) is 5.44. The first-order chi connectivity index (χ1) is 9.69. The molecular formula is C14H16BrNO4. The van der Waals surface area contributed by atoms with Gasteiger partial charge in [-0.3, -0.25) is 9.59 Å². The molecule has 1 atom stereocenters. The molecule has 1 aliphatic heterocycles. The predicted octanol–water partition coefficient (Wildman–Crippen LogP) is 1.94. The van der Waals surface area contributed by atoms with Crippen LogP contribution in [0.5, 0.6) is 5.75 Å². The minimum absolute atomic E-state index is 0.108. The number of aldehydes is 1. The van der Waals surface area contributed by atoms with Crippen molar-refractivity contribution in [3.63, 3.8) is 0 Å². The monoisotopic (exact) mass is 341 g/mol. The lowest BCUT2D eigenvalue weighted by Crippen LogP contribution is -2.35. The highest BCUT2D eigenvalue weighted by atomic mass is 79.9. The van der Waals surface area contributed by atoms with E-state index in [2.05, 4.69) is 21.2 Å². The van der Waals surface area contributed by atoms with Crippen molar-refractivity contribution < 1.29 is 19.1 Å². The Bertz CT molecular complexity index is 486. The van der Waals surface area contributed by atoms with Gasteiger partial charge in [0.05, 0.1) is 11.7 Å². The van der Waals surface area contributed by atoms with E-state index < -0.39 is 0 Å². The van der Waals surface area contributed by atoms with Crippen LogP contribution in [0.25, 0.3) is 0 Å². The number of nitrogens with one attached hydrogen (secondary N) is 1. The van der Waals surface area contributed by atoms with Crippen molar-refractivity contribution in [2.75, 3.05) is 19.8 Å². The molecule has 20 heavy (non-hydrogen) atoms. The molecule has 1 aromatic rings. The van der Waals surface area contributed by atoms with Gasteiger partial charge in [0.25, 0.3) is 5.91 Å². The van der Waals surface area contributed by atoms with Gasteiger partial charge in [-0.1, -0.05) is 15.9 Å². The second-order valence-electron chi connectivity index (χ2n) is 4.53. The first-order valence-electron chi connectivity index (χ1n) is 6.45. The number of halogens is 1. The molecule has 108 valence electrons. The fraction of sp³-hybridized carbons (Fsp3) is 0.429. The van der Waals surface area contributed by atoms with Crippen molar-refractivity contribution in [2.24, 2.45) is 0 Å². The van der Waals surface area contributed by atoms with Gasteiger partial charge in [-0.05, 0) is 31.0 Å². The molecule has 1 heterocycles. The van der Waals surface area contributed by atoms with E-state index in [9.17, 15) is 9.59 Å². The molecule has 1 saturated heterocycles. The minimum Gasteiger partial charge on any atom is -0.483 e. The van der Waals surface area contributed by atoms with E-state index in [0.717, 1.165) is 23.9 Å². The molecule has 1 amide bonds. The maximum Gasteiger partial charge on any atom is 0.258 e. The number of rotatable bonds is 6. The largest absolute Gasteiger partial charge is 0.483 e. The fourth-order valence-electron chi connectivity index (χ4n) is 1.97. The van der Waals surface area contributed by atoms with Crippen LogP contribution in [0.2, 0.25) is 0 Å². The SMILES string of the molecule is O=Cc1cc(Br)ccc1OCC(=O)NC[C@@H]1CCCO1. The minimum atomic E-state index is -0.222. The Labute approximate surface area is 125 Å². The van der Waals surface area contributed by atoms with E-state index >= 15 is 0 Å². The van der Waals surface area contributed by atoms with Gasteiger partial charge in [-0.2, -0.15) is 0 Å². The Morgan fingerprint density at radius 1 is 1.55 bits per heavy atom. The first-order valence-corrected chi connectivity index (χ1v) is 7.24. The number of benzene rings is 1. The highest BCUT2D eigenvalue weighted by Crippen LogP contribution is 2.21. The molecule has 0 aliphatic carbocycles. The first kappa shape index (κ1) is 15.0. The van der Waals surface area contributed by atoms with Gasteiger partial charge in [0, 0.05) is 17.6 Å². The Morgan fingerprint density at radius 3 is 3.10 bits per heavy atom. The molecule has 1 aromatic carbocycles. The highest BCUT2D eigenvalue weighted by Gasteiger charge is 2.16. The molecule has 1 aliphatic rings.